The van der Waals surface area contributed by atoms with Crippen molar-refractivity contribution < 1.29 is 14.7 Å². The highest BCUT2D eigenvalue weighted by Crippen LogP contribution is 2.14. The van der Waals surface area contributed by atoms with Crippen molar-refractivity contribution in [3.8, 4) is 0 Å². The van der Waals surface area contributed by atoms with Gasteiger partial charge in [-0.25, -0.2) is 9.78 Å². The van der Waals surface area contributed by atoms with Crippen LogP contribution < -0.4 is 5.32 Å². The lowest BCUT2D eigenvalue weighted by atomic mass is 10.3. The number of fused-ring (bicyclic) bond motifs is 1. The smallest absolute Gasteiger partial charge is 0.356 e. The average Bonchev–Trinajstić information content (AvgIpc) is 2.46. The summed E-state index contributed by atoms with van der Waals surface area (Å²) in [5.41, 5.74) is -0.0443. The summed E-state index contributed by atoms with van der Waals surface area (Å²) in [5, 5.41) is 11.1. The van der Waals surface area contributed by atoms with Crippen LogP contribution in [0.4, 0.5) is 5.95 Å². The summed E-state index contributed by atoms with van der Waals surface area (Å²) >= 11 is 0. The second-order valence-electron chi connectivity index (χ2n) is 2.75. The Bertz CT molecular complexity index is 382. The van der Waals surface area contributed by atoms with Gasteiger partial charge < -0.3 is 9.67 Å². The quantitative estimate of drug-likeness (QED) is 0.634. The van der Waals surface area contributed by atoms with Gasteiger partial charge in [0.05, 0.1) is 0 Å². The van der Waals surface area contributed by atoms with E-state index in [1.54, 1.807) is 4.57 Å². The minimum absolute atomic E-state index is 0.0443. The van der Waals surface area contributed by atoms with E-state index in [1.165, 1.54) is 6.20 Å². The number of carbonyl (C=O) groups excluding carboxylic acids is 1. The van der Waals surface area contributed by atoms with Crippen LogP contribution in [0.5, 0.6) is 0 Å². The maximum atomic E-state index is 10.9. The molecule has 0 saturated heterocycles. The number of carbonyl (C=O) groups is 2. The molecule has 0 bridgehead atoms. The fourth-order valence-electron chi connectivity index (χ4n) is 1.20. The number of aryl methyl sites for hydroxylation is 1. The first-order valence-corrected chi connectivity index (χ1v) is 3.77. The summed E-state index contributed by atoms with van der Waals surface area (Å²) < 4.78 is 1.62. The van der Waals surface area contributed by atoms with E-state index in [-0.39, 0.29) is 11.6 Å². The molecule has 0 spiro atoms. The van der Waals surface area contributed by atoms with Gasteiger partial charge in [0, 0.05) is 19.2 Å². The van der Waals surface area contributed by atoms with E-state index in [4.69, 9.17) is 5.11 Å². The zero-order valence-corrected chi connectivity index (χ0v) is 6.65. The lowest BCUT2D eigenvalue weighted by Crippen LogP contribution is -2.22. The maximum absolute atomic E-state index is 10.9. The minimum atomic E-state index is -1.09. The van der Waals surface area contributed by atoms with Crippen molar-refractivity contribution in [2.45, 2.75) is 13.0 Å². The molecule has 0 saturated carbocycles. The van der Waals surface area contributed by atoms with E-state index in [2.05, 4.69) is 10.3 Å². The summed E-state index contributed by atoms with van der Waals surface area (Å²) in [6, 6.07) is 0. The molecule has 1 aromatic rings. The SMILES string of the molecule is O=C1CCn2cc(C(=O)O)nc2N1. The van der Waals surface area contributed by atoms with Crippen molar-refractivity contribution in [1.29, 1.82) is 0 Å². The van der Waals surface area contributed by atoms with Crippen LogP contribution in [0.3, 0.4) is 0 Å². The molecule has 1 aliphatic rings. The van der Waals surface area contributed by atoms with E-state index >= 15 is 0 Å². The summed E-state index contributed by atoms with van der Waals surface area (Å²) in [7, 11) is 0. The van der Waals surface area contributed by atoms with Gasteiger partial charge in [-0.05, 0) is 0 Å². The summed E-state index contributed by atoms with van der Waals surface area (Å²) in [6.45, 7) is 0.488. The number of hydrogen-bond acceptors (Lipinski definition) is 3. The summed E-state index contributed by atoms with van der Waals surface area (Å²) in [4.78, 5) is 25.1. The molecule has 0 fully saturated rings. The fourth-order valence-corrected chi connectivity index (χ4v) is 1.20. The first-order chi connectivity index (χ1) is 6.16. The van der Waals surface area contributed by atoms with E-state index < -0.39 is 5.97 Å². The molecule has 1 aliphatic heterocycles. The zero-order chi connectivity index (χ0) is 9.42. The third-order valence-electron chi connectivity index (χ3n) is 1.83. The molecule has 2 N–H and O–H groups in total. The van der Waals surface area contributed by atoms with Crippen LogP contribution in [-0.4, -0.2) is 26.5 Å². The Morgan fingerprint density at radius 2 is 2.46 bits per heavy atom. The zero-order valence-electron chi connectivity index (χ0n) is 6.65. The highest BCUT2D eigenvalue weighted by atomic mass is 16.4. The summed E-state index contributed by atoms with van der Waals surface area (Å²) in [6.07, 6.45) is 1.78. The van der Waals surface area contributed by atoms with E-state index in [9.17, 15) is 9.59 Å². The lowest BCUT2D eigenvalue weighted by Gasteiger charge is -2.12. The molecule has 6 nitrogen and oxygen atoms in total. The largest absolute Gasteiger partial charge is 0.476 e. The monoisotopic (exact) mass is 181 g/mol. The molecule has 6 heteroatoms. The first kappa shape index (κ1) is 7.78. The highest BCUT2D eigenvalue weighted by Gasteiger charge is 2.19. The van der Waals surface area contributed by atoms with E-state index in [0.29, 0.717) is 18.9 Å². The van der Waals surface area contributed by atoms with Gasteiger partial charge in [0.2, 0.25) is 11.9 Å². The molecular formula is C7H7N3O3. The third-order valence-corrected chi connectivity index (χ3v) is 1.83. The van der Waals surface area contributed by atoms with Gasteiger partial charge in [0.15, 0.2) is 5.69 Å². The van der Waals surface area contributed by atoms with E-state index in [1.807, 2.05) is 0 Å². The Kier molecular flexibility index (Phi) is 1.54. The number of hydrogen-bond donors (Lipinski definition) is 2. The van der Waals surface area contributed by atoms with Crippen molar-refractivity contribution in [2.75, 3.05) is 5.32 Å². The molecule has 1 amide bonds. The molecule has 0 radical (unpaired) electrons. The van der Waals surface area contributed by atoms with Gasteiger partial charge in [-0.1, -0.05) is 0 Å². The van der Waals surface area contributed by atoms with Gasteiger partial charge in [0.25, 0.3) is 0 Å². The molecule has 0 aliphatic carbocycles. The second kappa shape index (κ2) is 2.58. The molecule has 2 heterocycles. The van der Waals surface area contributed by atoms with Crippen molar-refractivity contribution in [2.24, 2.45) is 0 Å². The molecule has 1 aromatic heterocycles. The normalized spacial score (nSPS) is 14.9. The van der Waals surface area contributed by atoms with Gasteiger partial charge in [-0.15, -0.1) is 0 Å². The van der Waals surface area contributed by atoms with Crippen LogP contribution >= 0.6 is 0 Å². The summed E-state index contributed by atoms with van der Waals surface area (Å²) in [5.74, 6) is -0.903. The number of amides is 1. The topological polar surface area (TPSA) is 84.2 Å². The van der Waals surface area contributed by atoms with Crippen LogP contribution in [0.25, 0.3) is 0 Å². The van der Waals surface area contributed by atoms with Crippen LogP contribution in [0.15, 0.2) is 6.20 Å². The lowest BCUT2D eigenvalue weighted by molar-refractivity contribution is -0.116. The first-order valence-electron chi connectivity index (χ1n) is 3.77. The molecule has 2 rings (SSSR count). The van der Waals surface area contributed by atoms with E-state index in [0.717, 1.165) is 0 Å². The number of nitrogens with zero attached hydrogens (tertiary/aromatic N) is 2. The number of anilines is 1. The fraction of sp³-hybridized carbons (Fsp3) is 0.286. The Balaban J connectivity index is 2.39. The molecular weight excluding hydrogens is 174 g/mol. The van der Waals surface area contributed by atoms with Crippen LogP contribution in [-0.2, 0) is 11.3 Å². The van der Waals surface area contributed by atoms with Crippen molar-refractivity contribution >= 4 is 17.8 Å². The molecule has 0 unspecified atom stereocenters. The molecule has 0 aromatic carbocycles. The van der Waals surface area contributed by atoms with Gasteiger partial charge >= 0.3 is 5.97 Å². The highest BCUT2D eigenvalue weighted by molar-refractivity contribution is 5.92. The molecule has 68 valence electrons. The molecule has 0 atom stereocenters. The number of nitrogens with one attached hydrogen (secondary N) is 1. The number of carboxylic acids is 1. The van der Waals surface area contributed by atoms with Gasteiger partial charge in [-0.2, -0.15) is 0 Å². The third kappa shape index (κ3) is 1.26. The average molecular weight is 181 g/mol. The number of carboxylic acid groups (broad SMARTS) is 1. The Morgan fingerprint density at radius 1 is 1.69 bits per heavy atom. The van der Waals surface area contributed by atoms with Crippen LogP contribution in [0.1, 0.15) is 16.9 Å². The van der Waals surface area contributed by atoms with Gasteiger partial charge in [-0.3, -0.25) is 10.1 Å². The van der Waals surface area contributed by atoms with Gasteiger partial charge in [0.1, 0.15) is 0 Å². The predicted molar refractivity (Wildman–Crippen MR) is 42.4 cm³/mol. The predicted octanol–water partition coefficient (Wildman–Crippen LogP) is -0.0765. The molecule has 13 heavy (non-hydrogen) atoms. The Morgan fingerprint density at radius 3 is 3.15 bits per heavy atom. The van der Waals surface area contributed by atoms with Crippen molar-refractivity contribution in [1.82, 2.24) is 9.55 Å². The van der Waals surface area contributed by atoms with Crippen molar-refractivity contribution in [3.05, 3.63) is 11.9 Å². The number of rotatable bonds is 1. The second-order valence-corrected chi connectivity index (χ2v) is 2.75. The number of imidazole rings is 1. The van der Waals surface area contributed by atoms with Crippen LogP contribution in [0, 0.1) is 0 Å². The standard InChI is InChI=1S/C7H7N3O3/c11-5-1-2-10-3-4(6(12)13)8-7(10)9-5/h3H,1-2H2,(H,12,13)(H,8,9,11). The van der Waals surface area contributed by atoms with Crippen LogP contribution in [0.2, 0.25) is 0 Å². The number of aromatic carboxylic acids is 1. The number of aromatic nitrogens is 2. The maximum Gasteiger partial charge on any atom is 0.356 e. The minimum Gasteiger partial charge on any atom is -0.476 e. The Labute approximate surface area is 73.2 Å². The van der Waals surface area contributed by atoms with Crippen molar-refractivity contribution in [3.63, 3.8) is 0 Å². The Hall–Kier alpha value is -1.85.